The number of aromatic nitrogens is 1. The first-order valence-corrected chi connectivity index (χ1v) is 8.93. The van der Waals surface area contributed by atoms with Crippen molar-refractivity contribution in [3.8, 4) is 11.5 Å². The molecule has 0 bridgehead atoms. The first-order chi connectivity index (χ1) is 13.6. The molecule has 1 atom stereocenters. The lowest BCUT2D eigenvalue weighted by Crippen LogP contribution is -2.39. The van der Waals surface area contributed by atoms with Gasteiger partial charge in [0.25, 0.3) is 5.91 Å². The van der Waals surface area contributed by atoms with E-state index in [0.717, 1.165) is 11.3 Å². The van der Waals surface area contributed by atoms with Crippen LogP contribution in [0.2, 0.25) is 0 Å². The topological polar surface area (TPSA) is 81.2 Å². The summed E-state index contributed by atoms with van der Waals surface area (Å²) in [5, 5.41) is 0. The average Bonchev–Trinajstić information content (AvgIpc) is 3.11. The molecule has 2 aliphatic rings. The Morgan fingerprint density at radius 1 is 1.21 bits per heavy atom. The van der Waals surface area contributed by atoms with Gasteiger partial charge in [0.1, 0.15) is 17.7 Å². The van der Waals surface area contributed by atoms with Crippen LogP contribution in [0.25, 0.3) is 0 Å². The SMILES string of the molecule is [CH2]CC1CN(c2ccc3c(n2)N(Cc2ccc(OC)cc2)C(=O)CO3)C(=O)O1. The number of methoxy groups -OCH3 is 1. The predicted octanol–water partition coefficient (Wildman–Crippen LogP) is 2.57. The van der Waals surface area contributed by atoms with Crippen LogP contribution in [0.3, 0.4) is 0 Å². The van der Waals surface area contributed by atoms with Crippen LogP contribution in [-0.4, -0.2) is 43.3 Å². The van der Waals surface area contributed by atoms with Crippen molar-refractivity contribution in [2.75, 3.05) is 30.1 Å². The van der Waals surface area contributed by atoms with Gasteiger partial charge in [0.15, 0.2) is 18.2 Å². The molecule has 2 aromatic rings. The molecule has 0 spiro atoms. The fourth-order valence-corrected chi connectivity index (χ4v) is 3.15. The van der Waals surface area contributed by atoms with Crippen molar-refractivity contribution in [3.63, 3.8) is 0 Å². The number of hydrogen-bond acceptors (Lipinski definition) is 6. The number of carbonyl (C=O) groups excluding carboxylic acids is 2. The largest absolute Gasteiger partial charge is 0.497 e. The summed E-state index contributed by atoms with van der Waals surface area (Å²) >= 11 is 0. The van der Waals surface area contributed by atoms with Crippen molar-refractivity contribution in [1.29, 1.82) is 0 Å². The molecule has 1 unspecified atom stereocenters. The van der Waals surface area contributed by atoms with Crippen LogP contribution in [0.5, 0.6) is 11.5 Å². The number of fused-ring (bicyclic) bond motifs is 1. The lowest BCUT2D eigenvalue weighted by atomic mass is 10.2. The number of cyclic esters (lactones) is 1. The molecule has 1 fully saturated rings. The molecule has 2 aliphatic heterocycles. The van der Waals surface area contributed by atoms with E-state index in [4.69, 9.17) is 14.2 Å². The van der Waals surface area contributed by atoms with Crippen molar-refractivity contribution in [2.24, 2.45) is 0 Å². The highest BCUT2D eigenvalue weighted by Gasteiger charge is 2.34. The van der Waals surface area contributed by atoms with Gasteiger partial charge in [-0.05, 0) is 43.2 Å². The Bertz CT molecular complexity index is 899. The Morgan fingerprint density at radius 2 is 2.00 bits per heavy atom. The number of hydrogen-bond donors (Lipinski definition) is 0. The monoisotopic (exact) mass is 382 g/mol. The van der Waals surface area contributed by atoms with E-state index in [9.17, 15) is 9.59 Å². The van der Waals surface area contributed by atoms with Crippen molar-refractivity contribution >= 4 is 23.6 Å². The van der Waals surface area contributed by atoms with E-state index in [1.54, 1.807) is 24.1 Å². The quantitative estimate of drug-likeness (QED) is 0.791. The van der Waals surface area contributed by atoms with Gasteiger partial charge in [-0.2, -0.15) is 0 Å². The normalized spacial score (nSPS) is 18.6. The summed E-state index contributed by atoms with van der Waals surface area (Å²) in [6, 6.07) is 10.9. The molecular weight excluding hydrogens is 362 g/mol. The number of carbonyl (C=O) groups is 2. The van der Waals surface area contributed by atoms with E-state index in [1.807, 2.05) is 24.3 Å². The van der Waals surface area contributed by atoms with E-state index in [0.29, 0.717) is 36.9 Å². The molecule has 4 rings (SSSR count). The van der Waals surface area contributed by atoms with E-state index >= 15 is 0 Å². The number of nitrogens with zero attached hydrogens (tertiary/aromatic N) is 3. The molecule has 0 N–H and O–H groups in total. The van der Waals surface area contributed by atoms with E-state index in [2.05, 4.69) is 11.9 Å². The van der Waals surface area contributed by atoms with Crippen LogP contribution < -0.4 is 19.3 Å². The third kappa shape index (κ3) is 3.33. The number of amides is 2. The second-order valence-corrected chi connectivity index (χ2v) is 6.51. The highest BCUT2D eigenvalue weighted by atomic mass is 16.6. The molecular formula is C20H20N3O5. The van der Waals surface area contributed by atoms with Crippen molar-refractivity contribution in [3.05, 3.63) is 48.9 Å². The molecule has 145 valence electrons. The number of benzene rings is 1. The second kappa shape index (κ2) is 7.38. The lowest BCUT2D eigenvalue weighted by Gasteiger charge is -2.29. The van der Waals surface area contributed by atoms with Gasteiger partial charge in [-0.15, -0.1) is 0 Å². The first-order valence-electron chi connectivity index (χ1n) is 8.93. The Hall–Kier alpha value is -3.29. The maximum Gasteiger partial charge on any atom is 0.415 e. The third-order valence-corrected chi connectivity index (χ3v) is 4.70. The first kappa shape index (κ1) is 18.1. The third-order valence-electron chi connectivity index (χ3n) is 4.70. The van der Waals surface area contributed by atoms with Crippen LogP contribution in [0.15, 0.2) is 36.4 Å². The van der Waals surface area contributed by atoms with Gasteiger partial charge in [-0.3, -0.25) is 14.6 Å². The summed E-state index contributed by atoms with van der Waals surface area (Å²) in [5.74, 6) is 1.84. The van der Waals surface area contributed by atoms with Gasteiger partial charge in [0.05, 0.1) is 20.2 Å². The molecule has 8 heteroatoms. The van der Waals surface area contributed by atoms with Crippen LogP contribution in [0, 0.1) is 6.92 Å². The molecule has 2 amide bonds. The van der Waals surface area contributed by atoms with Gasteiger partial charge < -0.3 is 14.2 Å². The maximum absolute atomic E-state index is 12.5. The molecule has 1 saturated heterocycles. The Labute approximate surface area is 162 Å². The summed E-state index contributed by atoms with van der Waals surface area (Å²) in [6.45, 7) is 4.43. The van der Waals surface area contributed by atoms with Gasteiger partial charge in [-0.1, -0.05) is 12.1 Å². The summed E-state index contributed by atoms with van der Waals surface area (Å²) in [5.41, 5.74) is 0.923. The van der Waals surface area contributed by atoms with Gasteiger partial charge >= 0.3 is 6.09 Å². The van der Waals surface area contributed by atoms with E-state index < -0.39 is 6.09 Å². The Kier molecular flexibility index (Phi) is 4.77. The highest BCUT2D eigenvalue weighted by Crippen LogP contribution is 2.34. The zero-order chi connectivity index (χ0) is 19.7. The fourth-order valence-electron chi connectivity index (χ4n) is 3.15. The minimum atomic E-state index is -0.467. The summed E-state index contributed by atoms with van der Waals surface area (Å²) in [6.07, 6.45) is -0.247. The minimum Gasteiger partial charge on any atom is -0.497 e. The van der Waals surface area contributed by atoms with Crippen LogP contribution in [0.4, 0.5) is 16.4 Å². The smallest absolute Gasteiger partial charge is 0.415 e. The second-order valence-electron chi connectivity index (χ2n) is 6.51. The number of anilines is 2. The van der Waals surface area contributed by atoms with Crippen LogP contribution in [0.1, 0.15) is 12.0 Å². The zero-order valence-electron chi connectivity index (χ0n) is 15.5. The van der Waals surface area contributed by atoms with Gasteiger partial charge in [0, 0.05) is 0 Å². The molecule has 28 heavy (non-hydrogen) atoms. The molecule has 8 nitrogen and oxygen atoms in total. The summed E-state index contributed by atoms with van der Waals surface area (Å²) < 4.78 is 15.9. The molecule has 0 saturated carbocycles. The number of rotatable bonds is 5. The fraction of sp³-hybridized carbons (Fsp3) is 0.300. The van der Waals surface area contributed by atoms with Crippen LogP contribution in [-0.2, 0) is 16.1 Å². The molecule has 1 aromatic carbocycles. The van der Waals surface area contributed by atoms with Crippen molar-refractivity contribution in [1.82, 2.24) is 4.98 Å². The van der Waals surface area contributed by atoms with Crippen molar-refractivity contribution in [2.45, 2.75) is 19.1 Å². The van der Waals surface area contributed by atoms with Gasteiger partial charge in [-0.25, -0.2) is 9.78 Å². The summed E-state index contributed by atoms with van der Waals surface area (Å²) in [4.78, 5) is 32.2. The van der Waals surface area contributed by atoms with E-state index in [1.165, 1.54) is 4.90 Å². The molecule has 1 aromatic heterocycles. The average molecular weight is 382 g/mol. The maximum atomic E-state index is 12.5. The summed E-state index contributed by atoms with van der Waals surface area (Å²) in [7, 11) is 1.60. The lowest BCUT2D eigenvalue weighted by molar-refractivity contribution is -0.121. The predicted molar refractivity (Wildman–Crippen MR) is 102 cm³/mol. The number of ether oxygens (including phenoxy) is 3. The molecule has 3 heterocycles. The molecule has 1 radical (unpaired) electrons. The standard InChI is InChI=1S/C20H20N3O5/c1-3-14-11-22(20(25)28-14)17-9-8-16-19(21-17)23(18(24)12-27-16)10-13-4-6-15(26-2)7-5-13/h4-9,14H,1,3,10-12H2,2H3. The highest BCUT2D eigenvalue weighted by molar-refractivity contribution is 5.97. The van der Waals surface area contributed by atoms with Crippen LogP contribution >= 0.6 is 0 Å². The Balaban J connectivity index is 1.63. The zero-order valence-corrected chi connectivity index (χ0v) is 15.5. The van der Waals surface area contributed by atoms with Gasteiger partial charge in [0.2, 0.25) is 0 Å². The minimum absolute atomic E-state index is 0.0560. The molecule has 0 aliphatic carbocycles. The number of pyridine rings is 1. The van der Waals surface area contributed by atoms with E-state index in [-0.39, 0.29) is 18.6 Å². The van der Waals surface area contributed by atoms with Crippen molar-refractivity contribution < 1.29 is 23.8 Å². The Morgan fingerprint density at radius 3 is 2.68 bits per heavy atom.